The normalized spacial score (nSPS) is 20.9. The van der Waals surface area contributed by atoms with Gasteiger partial charge in [-0.2, -0.15) is 0 Å². The molecule has 0 spiro atoms. The second kappa shape index (κ2) is 10.7. The van der Waals surface area contributed by atoms with Crippen LogP contribution < -0.4 is 4.74 Å². The summed E-state index contributed by atoms with van der Waals surface area (Å²) in [7, 11) is 0. The number of amides is 1. The Kier molecular flexibility index (Phi) is 7.70. The molecule has 0 aliphatic carbocycles. The van der Waals surface area contributed by atoms with Gasteiger partial charge in [-0.15, -0.1) is 11.3 Å². The number of hydrogen-bond acceptors (Lipinski definition) is 7. The SMILES string of the molecule is Cc1cc(C(O)=C2C(=O)C(=O)N(CCCN3CCOCC3)[C@H]2c2cccs2)ccc1OC(C)C. The largest absolute Gasteiger partial charge is 0.507 e. The highest BCUT2D eigenvalue weighted by molar-refractivity contribution is 7.10. The van der Waals surface area contributed by atoms with Crippen molar-refractivity contribution < 1.29 is 24.2 Å². The minimum Gasteiger partial charge on any atom is -0.507 e. The van der Waals surface area contributed by atoms with Crippen molar-refractivity contribution in [3.8, 4) is 5.75 Å². The van der Waals surface area contributed by atoms with E-state index in [0.717, 1.165) is 55.5 Å². The molecule has 0 unspecified atom stereocenters. The number of ether oxygens (including phenoxy) is 2. The van der Waals surface area contributed by atoms with Crippen LogP contribution in [0, 0.1) is 6.92 Å². The molecule has 2 aliphatic rings. The molecule has 0 radical (unpaired) electrons. The van der Waals surface area contributed by atoms with E-state index in [0.29, 0.717) is 12.1 Å². The first kappa shape index (κ1) is 24.4. The quantitative estimate of drug-likeness (QED) is 0.347. The van der Waals surface area contributed by atoms with Crippen molar-refractivity contribution in [2.24, 2.45) is 0 Å². The van der Waals surface area contributed by atoms with E-state index in [1.807, 2.05) is 38.3 Å². The fraction of sp³-hybridized carbons (Fsp3) is 0.462. The number of Topliss-reactive ketones (excluding diaryl/α,β-unsaturated/α-hetero) is 1. The van der Waals surface area contributed by atoms with Crippen molar-refractivity contribution in [1.82, 2.24) is 9.80 Å². The van der Waals surface area contributed by atoms with Gasteiger partial charge in [0, 0.05) is 36.6 Å². The molecule has 2 aromatic rings. The molecule has 1 aromatic heterocycles. The number of aliphatic hydroxyl groups is 1. The van der Waals surface area contributed by atoms with Gasteiger partial charge in [0.05, 0.1) is 30.9 Å². The molecule has 2 fully saturated rings. The van der Waals surface area contributed by atoms with Crippen LogP contribution in [0.1, 0.15) is 42.3 Å². The van der Waals surface area contributed by atoms with Crippen LogP contribution in [0.2, 0.25) is 0 Å². The minimum atomic E-state index is -0.637. The molecule has 7 nitrogen and oxygen atoms in total. The standard InChI is InChI=1S/C26H32N2O5S/c1-17(2)33-20-8-7-19(16-18(20)3)24(29)22-23(21-6-4-15-34-21)28(26(31)25(22)30)10-5-9-27-11-13-32-14-12-27/h4,6-8,15-17,23,29H,5,9-14H2,1-3H3/t23-/m0/s1. The Hall–Kier alpha value is -2.68. The predicted octanol–water partition coefficient (Wildman–Crippen LogP) is 3.99. The maximum Gasteiger partial charge on any atom is 0.295 e. The van der Waals surface area contributed by atoms with E-state index in [-0.39, 0.29) is 17.4 Å². The van der Waals surface area contributed by atoms with Gasteiger partial charge in [0.1, 0.15) is 11.5 Å². The van der Waals surface area contributed by atoms with E-state index in [1.165, 1.54) is 11.3 Å². The van der Waals surface area contributed by atoms with E-state index in [1.54, 1.807) is 23.1 Å². The first-order chi connectivity index (χ1) is 16.4. The molecule has 1 atom stereocenters. The second-order valence-corrected chi connectivity index (χ2v) is 9.94. The molecule has 3 heterocycles. The molecule has 1 N–H and O–H groups in total. The van der Waals surface area contributed by atoms with E-state index in [9.17, 15) is 14.7 Å². The summed E-state index contributed by atoms with van der Waals surface area (Å²) in [6, 6.07) is 8.55. The number of nitrogens with zero attached hydrogens (tertiary/aromatic N) is 2. The highest BCUT2D eigenvalue weighted by Gasteiger charge is 2.46. The number of carbonyl (C=O) groups is 2. The highest BCUT2D eigenvalue weighted by Crippen LogP contribution is 2.41. The van der Waals surface area contributed by atoms with Crippen LogP contribution >= 0.6 is 11.3 Å². The molecule has 1 amide bonds. The number of aliphatic hydroxyl groups excluding tert-OH is 1. The van der Waals surface area contributed by atoms with Crippen LogP contribution in [-0.4, -0.2) is 72.1 Å². The van der Waals surface area contributed by atoms with Crippen LogP contribution in [0.3, 0.4) is 0 Å². The van der Waals surface area contributed by atoms with Crippen LogP contribution in [0.4, 0.5) is 0 Å². The third kappa shape index (κ3) is 5.19. The van der Waals surface area contributed by atoms with E-state index >= 15 is 0 Å². The summed E-state index contributed by atoms with van der Waals surface area (Å²) in [6.45, 7) is 10.3. The van der Waals surface area contributed by atoms with Crippen LogP contribution in [0.25, 0.3) is 5.76 Å². The van der Waals surface area contributed by atoms with Crippen molar-refractivity contribution in [3.05, 3.63) is 57.3 Å². The van der Waals surface area contributed by atoms with Gasteiger partial charge in [-0.25, -0.2) is 0 Å². The fourth-order valence-corrected chi connectivity index (χ4v) is 5.33. The monoisotopic (exact) mass is 484 g/mol. The number of ketones is 1. The number of likely N-dealkylation sites (tertiary alicyclic amines) is 1. The van der Waals surface area contributed by atoms with Gasteiger partial charge >= 0.3 is 0 Å². The van der Waals surface area contributed by atoms with Gasteiger partial charge in [-0.05, 0) is 62.4 Å². The number of rotatable bonds is 8. The summed E-state index contributed by atoms with van der Waals surface area (Å²) in [5, 5.41) is 13.2. The van der Waals surface area contributed by atoms with Crippen LogP contribution in [0.5, 0.6) is 5.75 Å². The van der Waals surface area contributed by atoms with Crippen molar-refractivity contribution >= 4 is 28.8 Å². The van der Waals surface area contributed by atoms with Crippen molar-refractivity contribution in [2.75, 3.05) is 39.4 Å². The summed E-state index contributed by atoms with van der Waals surface area (Å²) in [4.78, 5) is 31.0. The van der Waals surface area contributed by atoms with Gasteiger partial charge in [0.25, 0.3) is 11.7 Å². The number of thiophene rings is 1. The summed E-state index contributed by atoms with van der Waals surface area (Å²) < 4.78 is 11.2. The van der Waals surface area contributed by atoms with Gasteiger partial charge in [-0.1, -0.05) is 6.07 Å². The predicted molar refractivity (Wildman–Crippen MR) is 132 cm³/mol. The average Bonchev–Trinajstić information content (AvgIpc) is 3.43. The Morgan fingerprint density at radius 3 is 2.62 bits per heavy atom. The maximum absolute atomic E-state index is 13.1. The Morgan fingerprint density at radius 2 is 1.97 bits per heavy atom. The van der Waals surface area contributed by atoms with Crippen LogP contribution in [-0.2, 0) is 14.3 Å². The summed E-state index contributed by atoms with van der Waals surface area (Å²) in [6.07, 6.45) is 0.773. The van der Waals surface area contributed by atoms with E-state index in [2.05, 4.69) is 4.90 Å². The molecule has 1 aromatic carbocycles. The number of benzene rings is 1. The molecular weight excluding hydrogens is 452 g/mol. The van der Waals surface area contributed by atoms with Crippen LogP contribution in [0.15, 0.2) is 41.3 Å². The highest BCUT2D eigenvalue weighted by atomic mass is 32.1. The lowest BCUT2D eigenvalue weighted by Crippen LogP contribution is -2.38. The Labute approximate surface area is 204 Å². The zero-order valence-electron chi connectivity index (χ0n) is 20.0. The zero-order valence-corrected chi connectivity index (χ0v) is 20.8. The maximum atomic E-state index is 13.1. The topological polar surface area (TPSA) is 79.3 Å². The van der Waals surface area contributed by atoms with Gasteiger partial charge in [0.15, 0.2) is 0 Å². The average molecular weight is 485 g/mol. The van der Waals surface area contributed by atoms with E-state index < -0.39 is 17.7 Å². The molecule has 0 bridgehead atoms. The summed E-state index contributed by atoms with van der Waals surface area (Å²) in [5.41, 5.74) is 1.50. The number of morpholine rings is 1. The number of hydrogen-bond donors (Lipinski definition) is 1. The van der Waals surface area contributed by atoms with Crippen molar-refractivity contribution in [1.29, 1.82) is 0 Å². The third-order valence-electron chi connectivity index (χ3n) is 6.14. The lowest BCUT2D eigenvalue weighted by molar-refractivity contribution is -0.140. The molecule has 8 heteroatoms. The summed E-state index contributed by atoms with van der Waals surface area (Å²) in [5.74, 6) is -0.614. The second-order valence-electron chi connectivity index (χ2n) is 8.96. The molecule has 0 saturated carbocycles. The first-order valence-electron chi connectivity index (χ1n) is 11.8. The minimum absolute atomic E-state index is 0.0276. The van der Waals surface area contributed by atoms with Gasteiger partial charge < -0.3 is 19.5 Å². The lowest BCUT2D eigenvalue weighted by atomic mass is 9.98. The fourth-order valence-electron chi connectivity index (χ4n) is 4.48. The number of aryl methyl sites for hydroxylation is 1. The third-order valence-corrected chi connectivity index (χ3v) is 7.07. The molecular formula is C26H32N2O5S. The molecule has 4 rings (SSSR count). The Bertz CT molecular complexity index is 1060. The number of carbonyl (C=O) groups excluding carboxylic acids is 2. The lowest BCUT2D eigenvalue weighted by Gasteiger charge is -2.28. The van der Waals surface area contributed by atoms with Crippen molar-refractivity contribution in [3.63, 3.8) is 0 Å². The van der Waals surface area contributed by atoms with E-state index in [4.69, 9.17) is 9.47 Å². The Balaban J connectivity index is 1.62. The Morgan fingerprint density at radius 1 is 1.21 bits per heavy atom. The van der Waals surface area contributed by atoms with Crippen molar-refractivity contribution in [2.45, 2.75) is 39.3 Å². The molecule has 34 heavy (non-hydrogen) atoms. The smallest absolute Gasteiger partial charge is 0.295 e. The van der Waals surface area contributed by atoms with Gasteiger partial charge in [0.2, 0.25) is 0 Å². The summed E-state index contributed by atoms with van der Waals surface area (Å²) >= 11 is 1.48. The zero-order chi connectivity index (χ0) is 24.2. The molecule has 182 valence electrons. The molecule has 2 aliphatic heterocycles. The van der Waals surface area contributed by atoms with Gasteiger partial charge in [-0.3, -0.25) is 14.5 Å². The first-order valence-corrected chi connectivity index (χ1v) is 12.6. The molecule has 2 saturated heterocycles.